The van der Waals surface area contributed by atoms with Crippen molar-refractivity contribution >= 4 is 17.0 Å². The van der Waals surface area contributed by atoms with Gasteiger partial charge in [-0.05, 0) is 24.3 Å². The number of rotatable bonds is 4. The number of hydrogen-bond acceptors (Lipinski definition) is 5. The zero-order valence-electron chi connectivity index (χ0n) is 13.8. The quantitative estimate of drug-likeness (QED) is 0.541. The average Bonchev–Trinajstić information content (AvgIpc) is 3.05. The SMILES string of the molecule is O=[N+]([O-])c1ccc(N2CCN(Cc3cn4ccccc4n3)CC2)cc1. The van der Waals surface area contributed by atoms with Gasteiger partial charge in [0.25, 0.3) is 5.69 Å². The van der Waals surface area contributed by atoms with E-state index in [0.717, 1.165) is 49.8 Å². The number of hydrogen-bond donors (Lipinski definition) is 0. The van der Waals surface area contributed by atoms with Crippen LogP contribution in [0.1, 0.15) is 5.69 Å². The number of pyridine rings is 1. The highest BCUT2D eigenvalue weighted by atomic mass is 16.6. The van der Waals surface area contributed by atoms with Crippen LogP contribution in [0.5, 0.6) is 0 Å². The third kappa shape index (κ3) is 3.32. The Bertz CT molecular complexity index is 849. The van der Waals surface area contributed by atoms with E-state index < -0.39 is 0 Å². The van der Waals surface area contributed by atoms with Crippen molar-refractivity contribution in [2.45, 2.75) is 6.54 Å². The zero-order valence-corrected chi connectivity index (χ0v) is 13.8. The topological polar surface area (TPSA) is 66.9 Å². The van der Waals surface area contributed by atoms with Crippen molar-refractivity contribution in [3.05, 3.63) is 70.7 Å². The highest BCUT2D eigenvalue weighted by Crippen LogP contribution is 2.21. The summed E-state index contributed by atoms with van der Waals surface area (Å²) < 4.78 is 2.04. The highest BCUT2D eigenvalue weighted by Gasteiger charge is 2.18. The van der Waals surface area contributed by atoms with Gasteiger partial charge in [0.05, 0.1) is 10.6 Å². The summed E-state index contributed by atoms with van der Waals surface area (Å²) >= 11 is 0. The van der Waals surface area contributed by atoms with E-state index in [4.69, 9.17) is 0 Å². The van der Waals surface area contributed by atoms with Gasteiger partial charge in [0, 0.05) is 62.9 Å². The molecule has 2 aromatic heterocycles. The van der Waals surface area contributed by atoms with Crippen molar-refractivity contribution in [2.75, 3.05) is 31.1 Å². The van der Waals surface area contributed by atoms with Crippen LogP contribution in [0, 0.1) is 10.1 Å². The van der Waals surface area contributed by atoms with Gasteiger partial charge in [-0.3, -0.25) is 15.0 Å². The fraction of sp³-hybridized carbons (Fsp3) is 0.278. The first-order valence-electron chi connectivity index (χ1n) is 8.33. The molecule has 4 rings (SSSR count). The van der Waals surface area contributed by atoms with Gasteiger partial charge in [-0.2, -0.15) is 0 Å². The summed E-state index contributed by atoms with van der Waals surface area (Å²) in [6, 6.07) is 12.8. The monoisotopic (exact) mass is 337 g/mol. The standard InChI is InChI=1S/C18H19N5O2/c24-23(25)17-6-4-16(5-7-17)21-11-9-20(10-12-21)13-15-14-22-8-2-1-3-18(22)19-15/h1-8,14H,9-13H2. The number of fused-ring (bicyclic) bond motifs is 1. The third-order valence-corrected chi connectivity index (χ3v) is 4.60. The second kappa shape index (κ2) is 6.52. The maximum absolute atomic E-state index is 10.7. The van der Waals surface area contributed by atoms with E-state index in [-0.39, 0.29) is 10.6 Å². The predicted molar refractivity (Wildman–Crippen MR) is 95.8 cm³/mol. The normalized spacial score (nSPS) is 15.6. The van der Waals surface area contributed by atoms with Crippen molar-refractivity contribution in [3.8, 4) is 0 Å². The van der Waals surface area contributed by atoms with Crippen LogP contribution in [0.4, 0.5) is 11.4 Å². The number of piperazine rings is 1. The molecule has 0 N–H and O–H groups in total. The van der Waals surface area contributed by atoms with E-state index in [1.54, 1.807) is 12.1 Å². The van der Waals surface area contributed by atoms with Crippen LogP contribution < -0.4 is 4.90 Å². The number of imidazole rings is 1. The fourth-order valence-corrected chi connectivity index (χ4v) is 3.24. The minimum Gasteiger partial charge on any atom is -0.369 e. The van der Waals surface area contributed by atoms with E-state index in [1.807, 2.05) is 40.9 Å². The second-order valence-electron chi connectivity index (χ2n) is 6.24. The molecule has 0 saturated carbocycles. The molecule has 3 aromatic rings. The van der Waals surface area contributed by atoms with Crippen molar-refractivity contribution in [1.29, 1.82) is 0 Å². The van der Waals surface area contributed by atoms with E-state index in [1.165, 1.54) is 0 Å². The van der Waals surface area contributed by atoms with Crippen molar-refractivity contribution in [3.63, 3.8) is 0 Å². The van der Waals surface area contributed by atoms with Gasteiger partial charge in [0.15, 0.2) is 0 Å². The highest BCUT2D eigenvalue weighted by molar-refractivity contribution is 5.51. The third-order valence-electron chi connectivity index (χ3n) is 4.60. The van der Waals surface area contributed by atoms with Crippen LogP contribution >= 0.6 is 0 Å². The van der Waals surface area contributed by atoms with Crippen LogP contribution in [-0.2, 0) is 6.54 Å². The first-order valence-corrected chi connectivity index (χ1v) is 8.33. The Hall–Kier alpha value is -2.93. The number of aromatic nitrogens is 2. The number of nitrogens with zero attached hydrogens (tertiary/aromatic N) is 5. The largest absolute Gasteiger partial charge is 0.369 e. The molecule has 0 unspecified atom stereocenters. The lowest BCUT2D eigenvalue weighted by molar-refractivity contribution is -0.384. The molecule has 1 aliphatic rings. The summed E-state index contributed by atoms with van der Waals surface area (Å²) in [6.07, 6.45) is 4.09. The first-order chi connectivity index (χ1) is 12.2. The number of nitro benzene ring substituents is 1. The van der Waals surface area contributed by atoms with Crippen LogP contribution in [0.3, 0.4) is 0 Å². The molecule has 1 fully saturated rings. The molecule has 7 heteroatoms. The summed E-state index contributed by atoms with van der Waals surface area (Å²) in [4.78, 5) is 19.7. The van der Waals surface area contributed by atoms with Gasteiger partial charge >= 0.3 is 0 Å². The van der Waals surface area contributed by atoms with Crippen molar-refractivity contribution < 1.29 is 4.92 Å². The van der Waals surface area contributed by atoms with Gasteiger partial charge in [0.1, 0.15) is 5.65 Å². The Kier molecular flexibility index (Phi) is 4.07. The molecule has 1 aliphatic heterocycles. The van der Waals surface area contributed by atoms with Gasteiger partial charge in [-0.1, -0.05) is 6.07 Å². The zero-order chi connectivity index (χ0) is 17.2. The molecule has 1 saturated heterocycles. The van der Waals surface area contributed by atoms with E-state index in [9.17, 15) is 10.1 Å². The molecular formula is C18H19N5O2. The Balaban J connectivity index is 1.37. The summed E-state index contributed by atoms with van der Waals surface area (Å²) in [5.74, 6) is 0. The maximum atomic E-state index is 10.7. The fourth-order valence-electron chi connectivity index (χ4n) is 3.24. The molecule has 0 aliphatic carbocycles. The van der Waals surface area contributed by atoms with E-state index >= 15 is 0 Å². The predicted octanol–water partition coefficient (Wildman–Crippen LogP) is 2.56. The van der Waals surface area contributed by atoms with E-state index in [0.29, 0.717) is 0 Å². The number of anilines is 1. The Morgan fingerprint density at radius 3 is 2.48 bits per heavy atom. The molecule has 0 atom stereocenters. The Morgan fingerprint density at radius 2 is 1.80 bits per heavy atom. The van der Waals surface area contributed by atoms with Gasteiger partial charge in [0.2, 0.25) is 0 Å². The number of non-ortho nitro benzene ring substituents is 1. The lowest BCUT2D eigenvalue weighted by Gasteiger charge is -2.35. The van der Waals surface area contributed by atoms with Crippen LogP contribution in [0.15, 0.2) is 54.9 Å². The maximum Gasteiger partial charge on any atom is 0.269 e. The average molecular weight is 337 g/mol. The molecule has 1 aromatic carbocycles. The minimum atomic E-state index is -0.365. The lowest BCUT2D eigenvalue weighted by Crippen LogP contribution is -2.46. The Labute approximate surface area is 145 Å². The van der Waals surface area contributed by atoms with Crippen LogP contribution in [-0.4, -0.2) is 45.4 Å². The summed E-state index contributed by atoms with van der Waals surface area (Å²) in [6.45, 7) is 4.56. The minimum absolute atomic E-state index is 0.134. The molecule has 0 radical (unpaired) electrons. The molecule has 3 heterocycles. The smallest absolute Gasteiger partial charge is 0.269 e. The summed E-state index contributed by atoms with van der Waals surface area (Å²) in [7, 11) is 0. The van der Waals surface area contributed by atoms with E-state index in [2.05, 4.69) is 21.0 Å². The molecule has 0 amide bonds. The number of nitro groups is 1. The summed E-state index contributed by atoms with van der Waals surface area (Å²) in [5, 5.41) is 10.7. The molecule has 0 bridgehead atoms. The molecule has 0 spiro atoms. The molecule has 25 heavy (non-hydrogen) atoms. The molecule has 128 valence electrons. The summed E-state index contributed by atoms with van der Waals surface area (Å²) in [5.41, 5.74) is 3.23. The van der Waals surface area contributed by atoms with Crippen molar-refractivity contribution in [2.24, 2.45) is 0 Å². The van der Waals surface area contributed by atoms with Gasteiger partial charge < -0.3 is 9.30 Å². The first kappa shape index (κ1) is 15.6. The van der Waals surface area contributed by atoms with Crippen LogP contribution in [0.2, 0.25) is 0 Å². The molecular weight excluding hydrogens is 318 g/mol. The lowest BCUT2D eigenvalue weighted by atomic mass is 10.2. The van der Waals surface area contributed by atoms with Crippen molar-refractivity contribution in [1.82, 2.24) is 14.3 Å². The van der Waals surface area contributed by atoms with Gasteiger partial charge in [-0.15, -0.1) is 0 Å². The second-order valence-corrected chi connectivity index (χ2v) is 6.24. The number of benzene rings is 1. The Morgan fingerprint density at radius 1 is 1.04 bits per heavy atom. The van der Waals surface area contributed by atoms with Gasteiger partial charge in [-0.25, -0.2) is 4.98 Å². The van der Waals surface area contributed by atoms with Crippen LogP contribution in [0.25, 0.3) is 5.65 Å². The molecule has 7 nitrogen and oxygen atoms in total.